The van der Waals surface area contributed by atoms with Gasteiger partial charge >= 0.3 is 0 Å². The third kappa shape index (κ3) is 4.80. The minimum absolute atomic E-state index is 0.0657. The van der Waals surface area contributed by atoms with Crippen LogP contribution in [0, 0.1) is 5.82 Å². The molecule has 0 heterocycles. The van der Waals surface area contributed by atoms with Gasteiger partial charge in [0, 0.05) is 23.6 Å². The van der Waals surface area contributed by atoms with E-state index in [0.29, 0.717) is 28.3 Å². The zero-order valence-electron chi connectivity index (χ0n) is 13.1. The van der Waals surface area contributed by atoms with Gasteiger partial charge in [0.15, 0.2) is 12.4 Å². The van der Waals surface area contributed by atoms with Crippen molar-refractivity contribution in [1.29, 1.82) is 0 Å². The summed E-state index contributed by atoms with van der Waals surface area (Å²) in [5.41, 5.74) is 0.728. The van der Waals surface area contributed by atoms with Crippen LogP contribution in [0.1, 0.15) is 29.3 Å². The number of ketones is 1. The molecular weight excluding hydrogens is 333 g/mol. The molecule has 0 aromatic heterocycles. The molecule has 0 unspecified atom stereocenters. The van der Waals surface area contributed by atoms with E-state index < -0.39 is 5.91 Å². The highest BCUT2D eigenvalue weighted by Gasteiger charge is 2.13. The fourth-order valence-electron chi connectivity index (χ4n) is 2.07. The summed E-state index contributed by atoms with van der Waals surface area (Å²) in [6, 6.07) is 10.8. The second-order valence-corrected chi connectivity index (χ2v) is 5.51. The van der Waals surface area contributed by atoms with Gasteiger partial charge in [0.25, 0.3) is 5.91 Å². The van der Waals surface area contributed by atoms with Gasteiger partial charge in [0.2, 0.25) is 0 Å². The van der Waals surface area contributed by atoms with Crippen molar-refractivity contribution in [2.75, 3.05) is 6.61 Å². The second kappa shape index (κ2) is 8.45. The van der Waals surface area contributed by atoms with Gasteiger partial charge in [-0.2, -0.15) is 0 Å². The van der Waals surface area contributed by atoms with Crippen LogP contribution in [0.25, 0.3) is 0 Å². The first-order valence-electron chi connectivity index (χ1n) is 7.47. The highest BCUT2D eigenvalue weighted by molar-refractivity contribution is 6.31. The normalized spacial score (nSPS) is 10.3. The van der Waals surface area contributed by atoms with Crippen LogP contribution < -0.4 is 10.1 Å². The number of hydrogen-bond acceptors (Lipinski definition) is 3. The summed E-state index contributed by atoms with van der Waals surface area (Å²) >= 11 is 5.89. The lowest BCUT2D eigenvalue weighted by Crippen LogP contribution is -2.29. The van der Waals surface area contributed by atoms with Crippen molar-refractivity contribution >= 4 is 23.3 Å². The largest absolute Gasteiger partial charge is 0.483 e. The fraction of sp³-hybridized carbons (Fsp3) is 0.222. The maximum atomic E-state index is 13.5. The van der Waals surface area contributed by atoms with E-state index in [9.17, 15) is 14.0 Å². The van der Waals surface area contributed by atoms with Crippen LogP contribution >= 0.6 is 11.6 Å². The van der Waals surface area contributed by atoms with E-state index >= 15 is 0 Å². The van der Waals surface area contributed by atoms with Crippen molar-refractivity contribution in [1.82, 2.24) is 5.32 Å². The van der Waals surface area contributed by atoms with Gasteiger partial charge in [-0.25, -0.2) is 4.39 Å². The fourth-order valence-corrected chi connectivity index (χ4v) is 2.24. The number of benzene rings is 2. The van der Waals surface area contributed by atoms with E-state index in [2.05, 4.69) is 5.32 Å². The molecule has 0 aliphatic rings. The van der Waals surface area contributed by atoms with Crippen LogP contribution in [-0.2, 0) is 11.3 Å². The number of carbonyl (C=O) groups is 2. The molecular formula is C18H17ClFNO3. The van der Waals surface area contributed by atoms with Gasteiger partial charge in [-0.3, -0.25) is 9.59 Å². The molecule has 24 heavy (non-hydrogen) atoms. The van der Waals surface area contributed by atoms with Gasteiger partial charge in [-0.05, 0) is 24.3 Å². The number of rotatable bonds is 7. The average molecular weight is 350 g/mol. The summed E-state index contributed by atoms with van der Waals surface area (Å²) in [5.74, 6) is -0.623. The van der Waals surface area contributed by atoms with Crippen molar-refractivity contribution in [3.63, 3.8) is 0 Å². The highest BCUT2D eigenvalue weighted by Crippen LogP contribution is 2.24. The molecule has 0 atom stereocenters. The van der Waals surface area contributed by atoms with Crippen LogP contribution in [0.4, 0.5) is 4.39 Å². The number of Topliss-reactive ketones (excluding diaryl/α,β-unsaturated/α-hetero) is 1. The summed E-state index contributed by atoms with van der Waals surface area (Å²) in [6.45, 7) is 1.52. The Balaban J connectivity index is 1.94. The minimum Gasteiger partial charge on any atom is -0.483 e. The number of ether oxygens (including phenoxy) is 1. The summed E-state index contributed by atoms with van der Waals surface area (Å²) in [4.78, 5) is 23.7. The van der Waals surface area contributed by atoms with E-state index in [-0.39, 0.29) is 24.8 Å². The Morgan fingerprint density at radius 3 is 2.67 bits per heavy atom. The molecule has 2 aromatic rings. The van der Waals surface area contributed by atoms with Gasteiger partial charge in [-0.15, -0.1) is 0 Å². The monoisotopic (exact) mass is 349 g/mol. The highest BCUT2D eigenvalue weighted by atomic mass is 35.5. The molecule has 0 saturated heterocycles. The first-order chi connectivity index (χ1) is 11.5. The molecule has 0 radical (unpaired) electrons. The van der Waals surface area contributed by atoms with Crippen molar-refractivity contribution in [2.24, 2.45) is 0 Å². The summed E-state index contributed by atoms with van der Waals surface area (Å²) in [5, 5.41) is 2.99. The number of nitrogens with one attached hydrogen (secondary N) is 1. The molecule has 0 spiro atoms. The minimum atomic E-state index is -0.414. The van der Waals surface area contributed by atoms with Gasteiger partial charge in [0.05, 0.1) is 5.56 Å². The molecule has 126 valence electrons. The van der Waals surface area contributed by atoms with Crippen LogP contribution in [0.15, 0.2) is 42.5 Å². The molecule has 1 amide bonds. The van der Waals surface area contributed by atoms with E-state index in [1.165, 1.54) is 12.1 Å². The molecule has 0 aliphatic carbocycles. The maximum Gasteiger partial charge on any atom is 0.258 e. The Kier molecular flexibility index (Phi) is 6.32. The van der Waals surface area contributed by atoms with Crippen LogP contribution in [0.5, 0.6) is 5.75 Å². The predicted octanol–water partition coefficient (Wildman–Crippen LogP) is 3.77. The van der Waals surface area contributed by atoms with E-state index in [1.54, 1.807) is 37.3 Å². The Hall–Kier alpha value is -2.40. The van der Waals surface area contributed by atoms with Gasteiger partial charge in [-0.1, -0.05) is 36.7 Å². The summed E-state index contributed by atoms with van der Waals surface area (Å²) < 4.78 is 18.9. The molecule has 0 saturated carbocycles. The molecule has 0 bridgehead atoms. The van der Waals surface area contributed by atoms with Crippen LogP contribution in [0.2, 0.25) is 5.02 Å². The summed E-state index contributed by atoms with van der Waals surface area (Å²) in [7, 11) is 0. The molecule has 4 nitrogen and oxygen atoms in total. The molecule has 6 heteroatoms. The lowest BCUT2D eigenvalue weighted by Gasteiger charge is -2.11. The summed E-state index contributed by atoms with van der Waals surface area (Å²) in [6.07, 6.45) is 0.302. The average Bonchev–Trinajstić information content (AvgIpc) is 2.59. The van der Waals surface area contributed by atoms with Gasteiger partial charge in [0.1, 0.15) is 11.6 Å². The quantitative estimate of drug-likeness (QED) is 0.774. The third-order valence-corrected chi connectivity index (χ3v) is 3.59. The smallest absolute Gasteiger partial charge is 0.258 e. The standard InChI is InChI=1S/C18H17ClFNO3/c1-2-16(22)14-9-13(19)7-8-17(14)24-11-18(23)21-10-12-5-3-4-6-15(12)20/h3-9H,2,10-11H2,1H3,(H,21,23). The van der Waals surface area contributed by atoms with E-state index in [4.69, 9.17) is 16.3 Å². The molecule has 0 fully saturated rings. The van der Waals surface area contributed by atoms with Crippen molar-refractivity contribution in [3.05, 3.63) is 64.4 Å². The second-order valence-electron chi connectivity index (χ2n) is 5.07. The van der Waals surface area contributed by atoms with Crippen LogP contribution in [0.3, 0.4) is 0 Å². The lowest BCUT2D eigenvalue weighted by molar-refractivity contribution is -0.123. The Labute approximate surface area is 144 Å². The number of amides is 1. The zero-order chi connectivity index (χ0) is 17.5. The van der Waals surface area contributed by atoms with E-state index in [0.717, 1.165) is 0 Å². The van der Waals surface area contributed by atoms with Crippen molar-refractivity contribution < 1.29 is 18.7 Å². The third-order valence-electron chi connectivity index (χ3n) is 3.36. The molecule has 1 N–H and O–H groups in total. The first-order valence-corrected chi connectivity index (χ1v) is 7.84. The molecule has 0 aliphatic heterocycles. The lowest BCUT2D eigenvalue weighted by atomic mass is 10.1. The number of hydrogen-bond donors (Lipinski definition) is 1. The van der Waals surface area contributed by atoms with Crippen molar-refractivity contribution in [3.8, 4) is 5.75 Å². The predicted molar refractivity (Wildman–Crippen MR) is 89.8 cm³/mol. The maximum absolute atomic E-state index is 13.5. The topological polar surface area (TPSA) is 55.4 Å². The Bertz CT molecular complexity index is 749. The number of carbonyl (C=O) groups excluding carboxylic acids is 2. The Morgan fingerprint density at radius 2 is 1.96 bits per heavy atom. The van der Waals surface area contributed by atoms with E-state index in [1.807, 2.05) is 0 Å². The van der Waals surface area contributed by atoms with Gasteiger partial charge < -0.3 is 10.1 Å². The first kappa shape index (κ1) is 17.9. The molecule has 2 aromatic carbocycles. The Morgan fingerprint density at radius 1 is 1.21 bits per heavy atom. The van der Waals surface area contributed by atoms with Crippen molar-refractivity contribution in [2.45, 2.75) is 19.9 Å². The number of halogens is 2. The molecule has 2 rings (SSSR count). The van der Waals surface area contributed by atoms with Crippen LogP contribution in [-0.4, -0.2) is 18.3 Å². The zero-order valence-corrected chi connectivity index (χ0v) is 13.9. The SMILES string of the molecule is CCC(=O)c1cc(Cl)ccc1OCC(=O)NCc1ccccc1F.